The van der Waals surface area contributed by atoms with Crippen molar-refractivity contribution in [3.8, 4) is 0 Å². The summed E-state index contributed by atoms with van der Waals surface area (Å²) < 4.78 is 3.28. The lowest BCUT2D eigenvalue weighted by Crippen LogP contribution is -2.27. The molecule has 1 aliphatic heterocycles. The molecule has 3 rings (SSSR count). The van der Waals surface area contributed by atoms with Gasteiger partial charge >= 0.3 is 0 Å². The molecule has 1 fully saturated rings. The third-order valence-electron chi connectivity index (χ3n) is 3.58. The zero-order chi connectivity index (χ0) is 11.8. The highest BCUT2D eigenvalue weighted by atomic mass is 79.9. The highest BCUT2D eigenvalue weighted by molar-refractivity contribution is 9.10. The van der Waals surface area contributed by atoms with Crippen LogP contribution in [0.25, 0.3) is 5.65 Å². The van der Waals surface area contributed by atoms with E-state index in [2.05, 4.69) is 44.8 Å². The van der Waals surface area contributed by atoms with Crippen molar-refractivity contribution in [2.45, 2.75) is 25.7 Å². The van der Waals surface area contributed by atoms with Crippen LogP contribution in [0.15, 0.2) is 22.8 Å². The van der Waals surface area contributed by atoms with E-state index in [4.69, 9.17) is 4.98 Å². The van der Waals surface area contributed by atoms with E-state index in [1.54, 1.807) is 0 Å². The van der Waals surface area contributed by atoms with Crippen LogP contribution in [0, 0.1) is 6.92 Å². The largest absolute Gasteiger partial charge is 0.317 e. The lowest BCUT2D eigenvalue weighted by atomic mass is 9.94. The van der Waals surface area contributed by atoms with Crippen LogP contribution >= 0.6 is 15.9 Å². The quantitative estimate of drug-likeness (QED) is 0.876. The Kier molecular flexibility index (Phi) is 2.92. The average Bonchev–Trinajstić information content (AvgIpc) is 2.68. The molecule has 0 unspecified atom stereocenters. The summed E-state index contributed by atoms with van der Waals surface area (Å²) in [6, 6.07) is 4.12. The summed E-state index contributed by atoms with van der Waals surface area (Å²) in [5.74, 6) is 0.620. The highest BCUT2D eigenvalue weighted by Gasteiger charge is 2.20. The van der Waals surface area contributed by atoms with Crippen molar-refractivity contribution in [3.05, 3.63) is 34.2 Å². The maximum atomic E-state index is 4.79. The molecule has 2 aromatic heterocycles. The van der Waals surface area contributed by atoms with Crippen molar-refractivity contribution in [2.24, 2.45) is 0 Å². The number of hydrogen-bond acceptors (Lipinski definition) is 2. The van der Waals surface area contributed by atoms with E-state index in [9.17, 15) is 0 Å². The van der Waals surface area contributed by atoms with Gasteiger partial charge in [0.1, 0.15) is 5.65 Å². The van der Waals surface area contributed by atoms with Crippen LogP contribution in [0.1, 0.15) is 30.1 Å². The number of fused-ring (bicyclic) bond motifs is 1. The number of aryl methyl sites for hydroxylation is 1. The molecule has 2 aromatic rings. The Morgan fingerprint density at radius 3 is 2.88 bits per heavy atom. The van der Waals surface area contributed by atoms with Crippen molar-refractivity contribution in [1.29, 1.82) is 0 Å². The molecular weight excluding hydrogens is 278 g/mol. The molecule has 3 heterocycles. The van der Waals surface area contributed by atoms with Gasteiger partial charge in [0.15, 0.2) is 0 Å². The molecule has 1 N–H and O–H groups in total. The van der Waals surface area contributed by atoms with E-state index in [1.807, 2.05) is 6.07 Å². The average molecular weight is 294 g/mol. The van der Waals surface area contributed by atoms with Gasteiger partial charge in [0, 0.05) is 22.3 Å². The molecule has 1 saturated heterocycles. The summed E-state index contributed by atoms with van der Waals surface area (Å²) in [7, 11) is 0. The van der Waals surface area contributed by atoms with Gasteiger partial charge in [0.05, 0.1) is 5.69 Å². The van der Waals surface area contributed by atoms with Crippen molar-refractivity contribution < 1.29 is 0 Å². The van der Waals surface area contributed by atoms with E-state index in [1.165, 1.54) is 24.2 Å². The van der Waals surface area contributed by atoms with Crippen molar-refractivity contribution in [1.82, 2.24) is 14.7 Å². The van der Waals surface area contributed by atoms with Crippen LogP contribution in [0.2, 0.25) is 0 Å². The molecule has 0 bridgehead atoms. The van der Waals surface area contributed by atoms with Gasteiger partial charge in [-0.25, -0.2) is 4.98 Å². The van der Waals surface area contributed by atoms with E-state index in [0.717, 1.165) is 23.2 Å². The lowest BCUT2D eigenvalue weighted by Gasteiger charge is -2.21. The van der Waals surface area contributed by atoms with Gasteiger partial charge in [-0.3, -0.25) is 0 Å². The molecule has 0 radical (unpaired) electrons. The first-order valence-corrected chi connectivity index (χ1v) is 6.90. The maximum absolute atomic E-state index is 4.79. The Labute approximate surface area is 109 Å². The SMILES string of the molecule is Cc1c(C2CCNCC2)nc2ccc(Br)cn12. The normalized spacial score (nSPS) is 17.8. The summed E-state index contributed by atoms with van der Waals surface area (Å²) in [4.78, 5) is 4.79. The zero-order valence-corrected chi connectivity index (χ0v) is 11.5. The molecule has 4 heteroatoms. The minimum Gasteiger partial charge on any atom is -0.317 e. The smallest absolute Gasteiger partial charge is 0.137 e. The van der Waals surface area contributed by atoms with Crippen molar-refractivity contribution >= 4 is 21.6 Å². The molecule has 0 aliphatic carbocycles. The second-order valence-electron chi connectivity index (χ2n) is 4.68. The van der Waals surface area contributed by atoms with E-state index in [-0.39, 0.29) is 0 Å². The number of piperidine rings is 1. The summed E-state index contributed by atoms with van der Waals surface area (Å²) in [6.45, 7) is 4.40. The predicted molar refractivity (Wildman–Crippen MR) is 72.5 cm³/mol. The first-order chi connectivity index (χ1) is 8.25. The van der Waals surface area contributed by atoms with E-state index >= 15 is 0 Å². The molecule has 90 valence electrons. The molecule has 0 atom stereocenters. The number of nitrogens with one attached hydrogen (secondary N) is 1. The van der Waals surface area contributed by atoms with E-state index < -0.39 is 0 Å². The minimum atomic E-state index is 0.620. The van der Waals surface area contributed by atoms with Gasteiger partial charge in [-0.05, 0) is 60.9 Å². The van der Waals surface area contributed by atoms with Crippen molar-refractivity contribution in [3.63, 3.8) is 0 Å². The van der Waals surface area contributed by atoms with Gasteiger partial charge in [-0.2, -0.15) is 0 Å². The molecular formula is C13H16BrN3. The third-order valence-corrected chi connectivity index (χ3v) is 4.05. The van der Waals surface area contributed by atoms with Crippen LogP contribution in [0.4, 0.5) is 0 Å². The molecule has 0 amide bonds. The number of pyridine rings is 1. The Bertz CT molecular complexity index is 541. The Morgan fingerprint density at radius 1 is 1.35 bits per heavy atom. The van der Waals surface area contributed by atoms with Crippen LogP contribution in [0.3, 0.4) is 0 Å². The summed E-state index contributed by atoms with van der Waals surface area (Å²) in [6.07, 6.45) is 4.50. The predicted octanol–water partition coefficient (Wildman–Crippen LogP) is 2.87. The summed E-state index contributed by atoms with van der Waals surface area (Å²) in [5, 5.41) is 3.40. The van der Waals surface area contributed by atoms with Gasteiger partial charge in [-0.1, -0.05) is 0 Å². The lowest BCUT2D eigenvalue weighted by molar-refractivity contribution is 0.453. The Morgan fingerprint density at radius 2 is 2.12 bits per heavy atom. The fourth-order valence-electron chi connectivity index (χ4n) is 2.64. The van der Waals surface area contributed by atoms with Crippen LogP contribution in [-0.4, -0.2) is 22.5 Å². The maximum Gasteiger partial charge on any atom is 0.137 e. The molecule has 0 aromatic carbocycles. The molecule has 0 spiro atoms. The highest BCUT2D eigenvalue weighted by Crippen LogP contribution is 2.28. The first-order valence-electron chi connectivity index (χ1n) is 6.10. The fourth-order valence-corrected chi connectivity index (χ4v) is 2.97. The monoisotopic (exact) mass is 293 g/mol. The molecule has 17 heavy (non-hydrogen) atoms. The number of imidazole rings is 1. The van der Waals surface area contributed by atoms with Crippen LogP contribution < -0.4 is 5.32 Å². The van der Waals surface area contributed by atoms with Gasteiger partial charge in [0.25, 0.3) is 0 Å². The standard InChI is InChI=1S/C13H16BrN3/c1-9-13(10-4-6-15-7-5-10)16-12-3-2-11(14)8-17(9)12/h2-3,8,10,15H,4-7H2,1H3. The molecule has 0 saturated carbocycles. The fraction of sp³-hybridized carbons (Fsp3) is 0.462. The second-order valence-corrected chi connectivity index (χ2v) is 5.60. The van der Waals surface area contributed by atoms with Crippen LogP contribution in [0.5, 0.6) is 0 Å². The van der Waals surface area contributed by atoms with E-state index in [0.29, 0.717) is 5.92 Å². The third kappa shape index (κ3) is 2.00. The molecule has 3 nitrogen and oxygen atoms in total. The number of hydrogen-bond donors (Lipinski definition) is 1. The Balaban J connectivity index is 2.07. The summed E-state index contributed by atoms with van der Waals surface area (Å²) in [5.41, 5.74) is 3.62. The first kappa shape index (κ1) is 11.2. The van der Waals surface area contributed by atoms with Gasteiger partial charge in [0.2, 0.25) is 0 Å². The number of nitrogens with zero attached hydrogens (tertiary/aromatic N) is 2. The number of rotatable bonds is 1. The number of halogens is 1. The topological polar surface area (TPSA) is 29.3 Å². The Hall–Kier alpha value is -0.870. The second kappa shape index (κ2) is 4.42. The minimum absolute atomic E-state index is 0.620. The van der Waals surface area contributed by atoms with Crippen molar-refractivity contribution in [2.75, 3.05) is 13.1 Å². The zero-order valence-electron chi connectivity index (χ0n) is 9.91. The van der Waals surface area contributed by atoms with Gasteiger partial charge < -0.3 is 9.72 Å². The van der Waals surface area contributed by atoms with Gasteiger partial charge in [-0.15, -0.1) is 0 Å². The summed E-state index contributed by atoms with van der Waals surface area (Å²) >= 11 is 3.51. The van der Waals surface area contributed by atoms with Crippen LogP contribution in [-0.2, 0) is 0 Å². The number of aromatic nitrogens is 2. The molecule has 1 aliphatic rings.